The Morgan fingerprint density at radius 2 is 1.77 bits per heavy atom. The summed E-state index contributed by atoms with van der Waals surface area (Å²) in [5, 5.41) is 3.52. The number of hydrogen-bond donors (Lipinski definition) is 2. The molecule has 0 aromatic heterocycles. The number of aliphatic imine (C=N–C) groups is 1. The van der Waals surface area contributed by atoms with Gasteiger partial charge in [-0.25, -0.2) is 13.1 Å². The topological polar surface area (TPSA) is 87.6 Å². The fourth-order valence-electron chi connectivity index (χ4n) is 3.54. The molecule has 2 rings (SSSR count). The molecule has 1 aliphatic heterocycles. The lowest BCUT2D eigenvalue weighted by Gasteiger charge is -2.29. The Kier molecular flexibility index (Phi) is 20.2. The maximum Gasteiger partial charge on any atom is 0.240 e. The van der Waals surface area contributed by atoms with E-state index in [9.17, 15) is 13.2 Å². The van der Waals surface area contributed by atoms with Crippen LogP contribution in [0.4, 0.5) is 0 Å². The number of sulfonamides is 1. The van der Waals surface area contributed by atoms with Crippen LogP contribution in [0.2, 0.25) is 0 Å². The third kappa shape index (κ3) is 12.0. The number of nitrogens with one attached hydrogen (secondary N) is 2. The molecule has 196 valence electrons. The van der Waals surface area contributed by atoms with Crippen molar-refractivity contribution in [1.82, 2.24) is 10.0 Å². The number of carbonyl (C=O) groups is 1. The number of amidine groups is 1. The highest BCUT2D eigenvalue weighted by molar-refractivity contribution is 7.93. The van der Waals surface area contributed by atoms with Gasteiger partial charge in [-0.3, -0.25) is 4.99 Å². The van der Waals surface area contributed by atoms with Crippen LogP contribution in [-0.2, 0) is 14.8 Å². The molecule has 2 fully saturated rings. The van der Waals surface area contributed by atoms with Crippen molar-refractivity contribution in [1.29, 1.82) is 0 Å². The minimum Gasteiger partial charge on any atom is -0.370 e. The maximum absolute atomic E-state index is 11.4. The second-order valence-corrected chi connectivity index (χ2v) is 8.64. The van der Waals surface area contributed by atoms with Crippen molar-refractivity contribution in [2.45, 2.75) is 59.9 Å². The van der Waals surface area contributed by atoms with Gasteiger partial charge >= 0.3 is 0 Å². The van der Waals surface area contributed by atoms with E-state index in [-0.39, 0.29) is 11.4 Å². The van der Waals surface area contributed by atoms with Crippen LogP contribution in [0.5, 0.6) is 0 Å². The first-order chi connectivity index (χ1) is 16.9. The molecule has 1 saturated carbocycles. The zero-order valence-electron chi connectivity index (χ0n) is 22.4. The van der Waals surface area contributed by atoms with Gasteiger partial charge in [0.15, 0.2) is 0 Å². The van der Waals surface area contributed by atoms with Crippen molar-refractivity contribution >= 4 is 22.1 Å². The molecule has 2 unspecified atom stereocenters. The van der Waals surface area contributed by atoms with Crippen LogP contribution in [0, 0.1) is 5.92 Å². The lowest BCUT2D eigenvalue weighted by atomic mass is 9.77. The van der Waals surface area contributed by atoms with E-state index in [4.69, 9.17) is 0 Å². The number of hydrogen-bond acceptors (Lipinski definition) is 4. The highest BCUT2D eigenvalue weighted by Crippen LogP contribution is 2.39. The van der Waals surface area contributed by atoms with Crippen LogP contribution in [0.25, 0.3) is 0 Å². The largest absolute Gasteiger partial charge is 0.370 e. The first kappa shape index (κ1) is 34.4. The summed E-state index contributed by atoms with van der Waals surface area (Å²) in [5.74, 6) is 1.68. The number of carbonyl (C=O) groups excluding carboxylic acids is 1. The van der Waals surface area contributed by atoms with E-state index in [0.29, 0.717) is 18.2 Å². The van der Waals surface area contributed by atoms with E-state index < -0.39 is 10.0 Å². The average molecular weight is 504 g/mol. The molecule has 0 aromatic rings. The van der Waals surface area contributed by atoms with Crippen LogP contribution >= 0.6 is 0 Å². The fourth-order valence-corrected chi connectivity index (χ4v) is 4.47. The smallest absolute Gasteiger partial charge is 0.240 e. The van der Waals surface area contributed by atoms with E-state index >= 15 is 0 Å². The van der Waals surface area contributed by atoms with Gasteiger partial charge in [-0.15, -0.1) is 0 Å². The lowest BCUT2D eigenvalue weighted by molar-refractivity contribution is -0.106. The van der Waals surface area contributed by atoms with Gasteiger partial charge in [0.05, 0.1) is 17.3 Å². The lowest BCUT2D eigenvalue weighted by Crippen LogP contribution is -2.33. The minimum absolute atomic E-state index is 0.0393. The van der Waals surface area contributed by atoms with E-state index in [2.05, 4.69) is 46.9 Å². The summed E-state index contributed by atoms with van der Waals surface area (Å²) in [6.07, 6.45) is 17.7. The summed E-state index contributed by atoms with van der Waals surface area (Å²) in [5.41, 5.74) is 2.81. The number of fused-ring (bicyclic) bond motifs is 1. The van der Waals surface area contributed by atoms with Crippen molar-refractivity contribution in [3.05, 3.63) is 84.4 Å². The molecule has 2 atom stereocenters. The molecule has 1 heterocycles. The van der Waals surface area contributed by atoms with Gasteiger partial charge in [-0.1, -0.05) is 83.9 Å². The first-order valence-electron chi connectivity index (χ1n) is 12.1. The molecular weight excluding hydrogens is 458 g/mol. The molecule has 0 amide bonds. The van der Waals surface area contributed by atoms with E-state index in [1.807, 2.05) is 46.9 Å². The minimum atomic E-state index is -3.60. The number of aldehydes is 1. The van der Waals surface area contributed by atoms with Crippen molar-refractivity contribution in [2.75, 3.05) is 13.6 Å². The number of allylic oxidation sites excluding steroid dienone is 9. The Morgan fingerprint density at radius 1 is 1.14 bits per heavy atom. The Balaban J connectivity index is 0. The summed E-state index contributed by atoms with van der Waals surface area (Å²) in [4.78, 5) is 14.3. The van der Waals surface area contributed by atoms with Gasteiger partial charge in [0, 0.05) is 25.4 Å². The third-order valence-corrected chi connectivity index (χ3v) is 6.42. The molecule has 1 aliphatic carbocycles. The Morgan fingerprint density at radius 3 is 2.26 bits per heavy atom. The maximum atomic E-state index is 11.4. The summed E-state index contributed by atoms with van der Waals surface area (Å²) in [7, 11) is -1.74. The Labute approximate surface area is 214 Å². The van der Waals surface area contributed by atoms with E-state index in [1.54, 1.807) is 19.1 Å². The normalized spacial score (nSPS) is 22.5. The summed E-state index contributed by atoms with van der Waals surface area (Å²) in [6, 6.07) is 0.543. The third-order valence-electron chi connectivity index (χ3n) is 4.95. The van der Waals surface area contributed by atoms with Crippen LogP contribution in [0.3, 0.4) is 0 Å². The molecular formula is C28H45N3O3S. The Hall–Kier alpha value is -2.77. The fraction of sp³-hybridized carbons (Fsp3) is 0.429. The standard InChI is InChI=1S/C15H20N2.C9H13NO3S.2C2H6/c1-4-6-11-8-9-14-13(12(11)7-5-2)10-15(16-3)17-14;1-3-5-6-9(4-2)14(12,13)10-7-8-11;2*1-2/h4-7,13-14H,1-2,8-10H2,3H3,(H,16,17);3-6,8,10H,2,7H2,1H3;2*1-2H3/b11-6-,12-7+;5-3-,9-6+;;. The van der Waals surface area contributed by atoms with Gasteiger partial charge in [-0.05, 0) is 43.1 Å². The molecule has 0 aromatic carbocycles. The van der Waals surface area contributed by atoms with Crippen LogP contribution in [0.15, 0.2) is 89.4 Å². The highest BCUT2D eigenvalue weighted by Gasteiger charge is 2.37. The second kappa shape index (κ2) is 20.6. The van der Waals surface area contributed by atoms with Crippen LogP contribution < -0.4 is 10.0 Å². The summed E-state index contributed by atoms with van der Waals surface area (Å²) in [6.45, 7) is 20.5. The van der Waals surface area contributed by atoms with Gasteiger partial charge in [0.1, 0.15) is 6.29 Å². The number of rotatable bonds is 8. The zero-order valence-corrected chi connectivity index (χ0v) is 23.2. The second-order valence-electron chi connectivity index (χ2n) is 6.87. The molecule has 2 aliphatic rings. The number of nitrogens with zero attached hydrogens (tertiary/aromatic N) is 1. The SMILES string of the molecule is C=C/C(=C\C=C/C)S(=O)(=O)NCC=O.C=C/C=C1/CCC2NC(=NC)CC2/C1=C/C=C.CC.CC. The molecule has 0 bridgehead atoms. The Bertz CT molecular complexity index is 923. The molecule has 1 saturated heterocycles. The van der Waals surface area contributed by atoms with Crippen molar-refractivity contribution in [3.63, 3.8) is 0 Å². The molecule has 6 nitrogen and oxygen atoms in total. The molecule has 0 spiro atoms. The van der Waals surface area contributed by atoms with Gasteiger partial charge in [0.25, 0.3) is 0 Å². The summed E-state index contributed by atoms with van der Waals surface area (Å²) < 4.78 is 24.9. The quantitative estimate of drug-likeness (QED) is 0.323. The van der Waals surface area contributed by atoms with E-state index in [1.165, 1.54) is 29.7 Å². The van der Waals surface area contributed by atoms with Crippen LogP contribution in [-0.4, -0.2) is 40.2 Å². The van der Waals surface area contributed by atoms with Gasteiger partial charge in [0.2, 0.25) is 10.0 Å². The highest BCUT2D eigenvalue weighted by atomic mass is 32.2. The van der Waals surface area contributed by atoms with Crippen molar-refractivity contribution in [2.24, 2.45) is 10.9 Å². The predicted molar refractivity (Wildman–Crippen MR) is 153 cm³/mol. The molecule has 7 heteroatoms. The zero-order chi connectivity index (χ0) is 27.3. The van der Waals surface area contributed by atoms with E-state index in [0.717, 1.165) is 18.7 Å². The molecule has 0 radical (unpaired) electrons. The van der Waals surface area contributed by atoms with Crippen LogP contribution in [0.1, 0.15) is 53.9 Å². The molecule has 35 heavy (non-hydrogen) atoms. The molecule has 2 N–H and O–H groups in total. The average Bonchev–Trinajstić information content (AvgIpc) is 3.31. The van der Waals surface area contributed by atoms with Gasteiger partial charge in [-0.2, -0.15) is 0 Å². The van der Waals surface area contributed by atoms with Crippen molar-refractivity contribution < 1.29 is 13.2 Å². The predicted octanol–water partition coefficient (Wildman–Crippen LogP) is 5.81. The monoisotopic (exact) mass is 503 g/mol. The van der Waals surface area contributed by atoms with Crippen molar-refractivity contribution in [3.8, 4) is 0 Å². The first-order valence-corrected chi connectivity index (χ1v) is 13.6. The van der Waals surface area contributed by atoms with Gasteiger partial charge < -0.3 is 10.1 Å². The summed E-state index contributed by atoms with van der Waals surface area (Å²) >= 11 is 0.